The first-order chi connectivity index (χ1) is 14.4. The van der Waals surface area contributed by atoms with Crippen molar-refractivity contribution in [3.05, 3.63) is 102 Å². The predicted molar refractivity (Wildman–Crippen MR) is 108 cm³/mol. The number of hydrogen-bond acceptors (Lipinski definition) is 3. The van der Waals surface area contributed by atoms with Crippen LogP contribution in [-0.2, 0) is 9.59 Å². The molecule has 2 aliphatic rings. The molecule has 0 aromatic heterocycles. The maximum Gasteiger partial charge on any atom is 0.306 e. The molecule has 0 bridgehead atoms. The molecule has 0 saturated carbocycles. The molecule has 30 heavy (non-hydrogen) atoms. The summed E-state index contributed by atoms with van der Waals surface area (Å²) in [5.41, 5.74) is -0.650. The van der Waals surface area contributed by atoms with Gasteiger partial charge in [-0.15, -0.1) is 0 Å². The molecular formula is C23H16F3NO3. The summed E-state index contributed by atoms with van der Waals surface area (Å²) in [5, 5.41) is 0. The number of hydrogen-bond donors (Lipinski definition) is 0. The van der Waals surface area contributed by atoms with Crippen molar-refractivity contribution in [1.29, 1.82) is 0 Å². The van der Waals surface area contributed by atoms with Crippen LogP contribution in [0.5, 0.6) is 5.75 Å². The number of carbonyl (C=O) groups excluding carboxylic acids is 2. The van der Waals surface area contributed by atoms with Gasteiger partial charge in [-0.05, 0) is 36.8 Å². The number of anilines is 1. The number of ether oxygens (including phenoxy) is 1. The van der Waals surface area contributed by atoms with Gasteiger partial charge in [0.15, 0.2) is 5.83 Å². The average Bonchev–Trinajstić information content (AvgIpc) is 2.88. The van der Waals surface area contributed by atoms with E-state index in [0.717, 1.165) is 11.0 Å². The van der Waals surface area contributed by atoms with Crippen molar-refractivity contribution in [2.45, 2.75) is 6.42 Å². The second kappa shape index (κ2) is 8.65. The molecule has 0 N–H and O–H groups in total. The molecule has 0 atom stereocenters. The summed E-state index contributed by atoms with van der Waals surface area (Å²) in [6.45, 7) is 7.00. The summed E-state index contributed by atoms with van der Waals surface area (Å²) in [5.74, 6) is -3.14. The van der Waals surface area contributed by atoms with E-state index >= 15 is 0 Å². The van der Waals surface area contributed by atoms with Crippen molar-refractivity contribution in [3.8, 4) is 5.75 Å². The zero-order valence-corrected chi connectivity index (χ0v) is 15.7. The van der Waals surface area contributed by atoms with E-state index in [9.17, 15) is 22.8 Å². The van der Waals surface area contributed by atoms with Crippen LogP contribution in [0.2, 0.25) is 0 Å². The molecule has 0 spiro atoms. The molecule has 2 amide bonds. The van der Waals surface area contributed by atoms with Gasteiger partial charge in [0, 0.05) is 0 Å². The molecule has 0 unspecified atom stereocenters. The highest BCUT2D eigenvalue weighted by molar-refractivity contribution is 6.34. The highest BCUT2D eigenvalue weighted by atomic mass is 19.3. The van der Waals surface area contributed by atoms with Crippen LogP contribution in [0.3, 0.4) is 0 Å². The molecule has 1 aliphatic heterocycles. The molecule has 4 nitrogen and oxygen atoms in total. The fraction of sp³-hybridized carbons (Fsp3) is 0.0435. The molecule has 152 valence electrons. The Bertz CT molecular complexity index is 1070. The Morgan fingerprint density at radius 3 is 2.30 bits per heavy atom. The number of halogens is 3. The highest BCUT2D eigenvalue weighted by Gasteiger charge is 2.37. The number of rotatable bonds is 6. The highest BCUT2D eigenvalue weighted by Crippen LogP contribution is 2.37. The summed E-state index contributed by atoms with van der Waals surface area (Å²) >= 11 is 0. The summed E-state index contributed by atoms with van der Waals surface area (Å²) in [4.78, 5) is 25.9. The van der Waals surface area contributed by atoms with Crippen LogP contribution in [0.15, 0.2) is 96.9 Å². The number of carbonyl (C=O) groups is 2. The van der Waals surface area contributed by atoms with E-state index in [1.54, 1.807) is 24.3 Å². The molecule has 1 aromatic carbocycles. The summed E-state index contributed by atoms with van der Waals surface area (Å²) in [7, 11) is 0. The van der Waals surface area contributed by atoms with Gasteiger partial charge in [-0.2, -0.15) is 8.78 Å². The van der Waals surface area contributed by atoms with E-state index in [0.29, 0.717) is 12.2 Å². The third-order valence-electron chi connectivity index (χ3n) is 4.37. The first kappa shape index (κ1) is 20.9. The average molecular weight is 411 g/mol. The largest absolute Gasteiger partial charge is 0.457 e. The van der Waals surface area contributed by atoms with Crippen LogP contribution < -0.4 is 9.64 Å². The first-order valence-electron chi connectivity index (χ1n) is 8.83. The molecular weight excluding hydrogens is 395 g/mol. The normalized spacial score (nSPS) is 15.8. The molecule has 0 radical (unpaired) electrons. The lowest BCUT2D eigenvalue weighted by molar-refractivity contribution is -0.120. The molecule has 0 fully saturated rings. The number of allylic oxidation sites excluding steroid dienone is 5. The minimum atomic E-state index is -2.56. The van der Waals surface area contributed by atoms with Crippen LogP contribution in [0.4, 0.5) is 18.9 Å². The third kappa shape index (κ3) is 3.82. The zero-order valence-electron chi connectivity index (χ0n) is 15.7. The maximum atomic E-state index is 14.3. The Morgan fingerprint density at radius 2 is 1.70 bits per heavy atom. The SMILES string of the molecule is C=CC1=C(C=C)C(=O)N(c2ccc(OC3=CC=CCC=C3)c(C(F)=C(F)F)c2)C1=O. The Kier molecular flexibility index (Phi) is 6.01. The fourth-order valence-electron chi connectivity index (χ4n) is 2.97. The van der Waals surface area contributed by atoms with Crippen LogP contribution in [0.1, 0.15) is 12.0 Å². The van der Waals surface area contributed by atoms with E-state index in [1.807, 2.05) is 6.08 Å². The van der Waals surface area contributed by atoms with Gasteiger partial charge in [-0.25, -0.2) is 9.29 Å². The molecule has 7 heteroatoms. The molecule has 3 rings (SSSR count). The maximum absolute atomic E-state index is 14.3. The Balaban J connectivity index is 2.07. The van der Waals surface area contributed by atoms with E-state index in [4.69, 9.17) is 4.74 Å². The van der Waals surface area contributed by atoms with Gasteiger partial charge in [0.25, 0.3) is 11.8 Å². The van der Waals surface area contributed by atoms with Gasteiger partial charge in [0.05, 0.1) is 22.4 Å². The van der Waals surface area contributed by atoms with Gasteiger partial charge in [0.1, 0.15) is 11.5 Å². The van der Waals surface area contributed by atoms with Crippen LogP contribution in [-0.4, -0.2) is 11.8 Å². The second-order valence-corrected chi connectivity index (χ2v) is 6.17. The number of amides is 2. The van der Waals surface area contributed by atoms with Gasteiger partial charge in [-0.1, -0.05) is 43.5 Å². The minimum absolute atomic E-state index is 0.0186. The number of nitrogens with zero attached hydrogens (tertiary/aromatic N) is 1. The van der Waals surface area contributed by atoms with Crippen LogP contribution in [0.25, 0.3) is 5.83 Å². The lowest BCUT2D eigenvalue weighted by atomic mass is 10.1. The van der Waals surface area contributed by atoms with Crippen molar-refractivity contribution < 1.29 is 27.5 Å². The van der Waals surface area contributed by atoms with E-state index < -0.39 is 29.3 Å². The van der Waals surface area contributed by atoms with E-state index in [-0.39, 0.29) is 22.6 Å². The van der Waals surface area contributed by atoms with E-state index in [2.05, 4.69) is 13.2 Å². The summed E-state index contributed by atoms with van der Waals surface area (Å²) in [6, 6.07) is 3.49. The van der Waals surface area contributed by atoms with Gasteiger partial charge < -0.3 is 4.74 Å². The summed E-state index contributed by atoms with van der Waals surface area (Å²) in [6.07, 6.45) is 9.08. The fourth-order valence-corrected chi connectivity index (χ4v) is 2.97. The third-order valence-corrected chi connectivity index (χ3v) is 4.37. The van der Waals surface area contributed by atoms with Crippen molar-refractivity contribution >= 4 is 23.3 Å². The van der Waals surface area contributed by atoms with Gasteiger partial charge in [0.2, 0.25) is 0 Å². The number of benzene rings is 1. The first-order valence-corrected chi connectivity index (χ1v) is 8.83. The molecule has 0 saturated heterocycles. The molecule has 1 aliphatic carbocycles. The molecule has 1 heterocycles. The van der Waals surface area contributed by atoms with Crippen molar-refractivity contribution in [3.63, 3.8) is 0 Å². The van der Waals surface area contributed by atoms with Gasteiger partial charge >= 0.3 is 6.08 Å². The lowest BCUT2D eigenvalue weighted by Crippen LogP contribution is -2.31. The van der Waals surface area contributed by atoms with Crippen molar-refractivity contribution in [2.24, 2.45) is 0 Å². The summed E-state index contributed by atoms with van der Waals surface area (Å²) < 4.78 is 46.0. The van der Waals surface area contributed by atoms with Gasteiger partial charge in [-0.3, -0.25) is 9.59 Å². The second-order valence-electron chi connectivity index (χ2n) is 6.17. The Morgan fingerprint density at radius 1 is 1.03 bits per heavy atom. The van der Waals surface area contributed by atoms with Crippen molar-refractivity contribution in [2.75, 3.05) is 4.90 Å². The Hall–Kier alpha value is -3.87. The predicted octanol–water partition coefficient (Wildman–Crippen LogP) is 5.54. The smallest absolute Gasteiger partial charge is 0.306 e. The lowest BCUT2D eigenvalue weighted by Gasteiger charge is -2.18. The van der Waals surface area contributed by atoms with Crippen molar-refractivity contribution in [1.82, 2.24) is 0 Å². The van der Waals surface area contributed by atoms with E-state index in [1.165, 1.54) is 24.3 Å². The standard InChI is InChI=1S/C23H16F3NO3/c1-3-16-17(4-2)23(29)27(22(16)28)14-11-12-19(18(13-14)20(24)21(25)26)30-15-9-7-5-6-8-10-15/h3-5,7-13H,1-2,6H2. The van der Waals surface area contributed by atoms with Crippen LogP contribution in [0, 0.1) is 0 Å². The number of imide groups is 1. The zero-order chi connectivity index (χ0) is 21.8. The van der Waals surface area contributed by atoms with Crippen LogP contribution >= 0.6 is 0 Å². The topological polar surface area (TPSA) is 46.6 Å². The Labute approximate surface area is 170 Å². The quantitative estimate of drug-likeness (QED) is 0.578. The monoisotopic (exact) mass is 411 g/mol. The minimum Gasteiger partial charge on any atom is -0.457 e. The molecule has 1 aromatic rings.